The summed E-state index contributed by atoms with van der Waals surface area (Å²) >= 11 is 1.58. The van der Waals surface area contributed by atoms with Crippen LogP contribution in [0.5, 0.6) is 0 Å². The lowest BCUT2D eigenvalue weighted by Gasteiger charge is -2.34. The van der Waals surface area contributed by atoms with Crippen molar-refractivity contribution in [3.05, 3.63) is 35.2 Å². The Bertz CT molecular complexity index is 641. The lowest BCUT2D eigenvalue weighted by atomic mass is 9.79. The fourth-order valence-corrected chi connectivity index (χ4v) is 3.91. The van der Waals surface area contributed by atoms with Gasteiger partial charge >= 0.3 is 0 Å². The van der Waals surface area contributed by atoms with Gasteiger partial charge in [0.1, 0.15) is 0 Å². The molecule has 3 nitrogen and oxygen atoms in total. The Morgan fingerprint density at radius 1 is 1.38 bits per heavy atom. The molecular weight excluding hydrogens is 282 g/mol. The molecule has 0 saturated heterocycles. The average molecular weight is 303 g/mol. The Kier molecular flexibility index (Phi) is 4.00. The fraction of sp³-hybridized carbons (Fsp3) is 0.471. The second-order valence-corrected chi connectivity index (χ2v) is 7.15. The van der Waals surface area contributed by atoms with Crippen LogP contribution in [0, 0.1) is 5.92 Å². The predicted octanol–water partition coefficient (Wildman–Crippen LogP) is 3.57. The van der Waals surface area contributed by atoms with Crippen molar-refractivity contribution >= 4 is 27.3 Å². The molecule has 0 atom stereocenters. The molecule has 2 aromatic rings. The molecule has 1 amide bonds. The van der Waals surface area contributed by atoms with Gasteiger partial charge in [-0.1, -0.05) is 25.1 Å². The minimum atomic E-state index is -0.728. The average Bonchev–Trinajstić information content (AvgIpc) is 2.92. The first-order chi connectivity index (χ1) is 10.1. The summed E-state index contributed by atoms with van der Waals surface area (Å²) in [6, 6.07) is 7.92. The highest BCUT2D eigenvalue weighted by Crippen LogP contribution is 2.31. The molecule has 1 aliphatic carbocycles. The molecule has 1 aromatic heterocycles. The van der Waals surface area contributed by atoms with Crippen molar-refractivity contribution in [2.45, 2.75) is 38.2 Å². The third-order valence-corrected chi connectivity index (χ3v) is 5.47. The van der Waals surface area contributed by atoms with Crippen molar-refractivity contribution in [1.82, 2.24) is 5.32 Å². The zero-order valence-corrected chi connectivity index (χ0v) is 13.1. The molecule has 112 valence electrons. The number of amides is 1. The van der Waals surface area contributed by atoms with Gasteiger partial charge in [-0.2, -0.15) is 0 Å². The van der Waals surface area contributed by atoms with Crippen LogP contribution in [0.4, 0.5) is 0 Å². The van der Waals surface area contributed by atoms with Gasteiger partial charge in [-0.3, -0.25) is 4.79 Å². The second-order valence-electron chi connectivity index (χ2n) is 6.24. The zero-order valence-electron chi connectivity index (χ0n) is 12.3. The molecule has 2 N–H and O–H groups in total. The summed E-state index contributed by atoms with van der Waals surface area (Å²) in [6.07, 6.45) is 3.62. The quantitative estimate of drug-likeness (QED) is 0.910. The standard InChI is InChI=1S/C17H21NO2S/c1-12-6-8-17(20,9-7-12)11-18-16(19)14-10-21-15-5-3-2-4-13(14)15/h2-5,10,12,20H,6-9,11H2,1H3,(H,18,19). The van der Waals surface area contributed by atoms with Gasteiger partial charge in [0.2, 0.25) is 0 Å². The third-order valence-electron chi connectivity index (χ3n) is 4.51. The molecule has 1 saturated carbocycles. The van der Waals surface area contributed by atoms with Crippen LogP contribution in [-0.4, -0.2) is 23.2 Å². The molecule has 0 unspecified atom stereocenters. The molecular formula is C17H21NO2S. The van der Waals surface area contributed by atoms with Crippen molar-refractivity contribution < 1.29 is 9.90 Å². The highest BCUT2D eigenvalue weighted by molar-refractivity contribution is 7.17. The molecule has 1 fully saturated rings. The smallest absolute Gasteiger partial charge is 0.252 e. The first-order valence-electron chi connectivity index (χ1n) is 7.54. The van der Waals surface area contributed by atoms with E-state index >= 15 is 0 Å². The van der Waals surface area contributed by atoms with Gasteiger partial charge in [-0.25, -0.2) is 0 Å². The summed E-state index contributed by atoms with van der Waals surface area (Å²) < 4.78 is 1.12. The molecule has 21 heavy (non-hydrogen) atoms. The Morgan fingerprint density at radius 3 is 2.86 bits per heavy atom. The summed E-state index contributed by atoms with van der Waals surface area (Å²) in [7, 11) is 0. The number of fused-ring (bicyclic) bond motifs is 1. The summed E-state index contributed by atoms with van der Waals surface area (Å²) in [5.41, 5.74) is -0.0167. The molecule has 4 heteroatoms. The van der Waals surface area contributed by atoms with Crippen LogP contribution in [-0.2, 0) is 0 Å². The number of carbonyl (C=O) groups excluding carboxylic acids is 1. The normalized spacial score (nSPS) is 25.9. The van der Waals surface area contributed by atoms with Crippen LogP contribution in [0.25, 0.3) is 10.1 Å². The number of benzene rings is 1. The molecule has 1 aliphatic rings. The number of carbonyl (C=O) groups is 1. The summed E-state index contributed by atoms with van der Waals surface area (Å²) in [4.78, 5) is 12.4. The van der Waals surface area contributed by atoms with Crippen molar-refractivity contribution in [1.29, 1.82) is 0 Å². The molecule has 0 radical (unpaired) electrons. The van der Waals surface area contributed by atoms with Crippen molar-refractivity contribution in [2.75, 3.05) is 6.54 Å². The maximum Gasteiger partial charge on any atom is 0.252 e. The minimum absolute atomic E-state index is 0.0838. The maximum absolute atomic E-state index is 12.4. The zero-order chi connectivity index (χ0) is 14.9. The van der Waals surface area contributed by atoms with Crippen molar-refractivity contribution in [2.24, 2.45) is 5.92 Å². The molecule has 3 rings (SSSR count). The second kappa shape index (κ2) is 5.78. The highest BCUT2D eigenvalue weighted by Gasteiger charge is 2.32. The number of hydrogen-bond acceptors (Lipinski definition) is 3. The molecule has 0 aliphatic heterocycles. The Balaban J connectivity index is 1.67. The number of nitrogens with one attached hydrogen (secondary N) is 1. The first kappa shape index (κ1) is 14.5. The maximum atomic E-state index is 12.4. The van der Waals surface area contributed by atoms with Gasteiger partial charge in [0.05, 0.1) is 11.2 Å². The number of rotatable bonds is 3. The first-order valence-corrected chi connectivity index (χ1v) is 8.42. The van der Waals surface area contributed by atoms with Gasteiger partial charge in [0, 0.05) is 22.0 Å². The van der Waals surface area contributed by atoms with Crippen molar-refractivity contribution in [3.8, 4) is 0 Å². The topological polar surface area (TPSA) is 49.3 Å². The van der Waals surface area contributed by atoms with E-state index in [9.17, 15) is 9.90 Å². The van der Waals surface area contributed by atoms with Crippen LogP contribution in [0.1, 0.15) is 43.0 Å². The Labute approximate surface area is 129 Å². The van der Waals surface area contributed by atoms with Crippen LogP contribution >= 0.6 is 11.3 Å². The van der Waals surface area contributed by atoms with Gasteiger partial charge in [0.15, 0.2) is 0 Å². The van der Waals surface area contributed by atoms with Crippen LogP contribution in [0.2, 0.25) is 0 Å². The SMILES string of the molecule is CC1CCC(O)(CNC(=O)c2csc3ccccc23)CC1. The fourth-order valence-electron chi connectivity index (χ4n) is 2.97. The number of thiophene rings is 1. The van der Waals surface area contributed by atoms with E-state index in [1.807, 2.05) is 29.6 Å². The Morgan fingerprint density at radius 2 is 2.10 bits per heavy atom. The predicted molar refractivity (Wildman–Crippen MR) is 86.7 cm³/mol. The van der Waals surface area contributed by atoms with Crippen LogP contribution in [0.3, 0.4) is 0 Å². The highest BCUT2D eigenvalue weighted by atomic mass is 32.1. The van der Waals surface area contributed by atoms with E-state index in [0.29, 0.717) is 18.0 Å². The van der Waals surface area contributed by atoms with E-state index in [-0.39, 0.29) is 5.91 Å². The van der Waals surface area contributed by atoms with Gasteiger partial charge in [-0.05, 0) is 37.7 Å². The third kappa shape index (κ3) is 3.11. The number of hydrogen-bond donors (Lipinski definition) is 2. The van der Waals surface area contributed by atoms with E-state index in [1.54, 1.807) is 11.3 Å². The van der Waals surface area contributed by atoms with Crippen molar-refractivity contribution in [3.63, 3.8) is 0 Å². The summed E-state index contributed by atoms with van der Waals surface area (Å²) in [5, 5.41) is 16.3. The summed E-state index contributed by atoms with van der Waals surface area (Å²) in [5.74, 6) is 0.598. The molecule has 1 aromatic carbocycles. The van der Waals surface area contributed by atoms with Gasteiger partial charge < -0.3 is 10.4 Å². The van der Waals surface area contributed by atoms with Gasteiger partial charge in [-0.15, -0.1) is 11.3 Å². The lowest BCUT2D eigenvalue weighted by molar-refractivity contribution is -0.00538. The van der Waals surface area contributed by atoms with Crippen LogP contribution < -0.4 is 5.32 Å². The number of aliphatic hydroxyl groups is 1. The summed E-state index contributed by atoms with van der Waals surface area (Å²) in [6.45, 7) is 2.57. The Hall–Kier alpha value is -1.39. The van der Waals surface area contributed by atoms with Gasteiger partial charge in [0.25, 0.3) is 5.91 Å². The van der Waals surface area contributed by atoms with E-state index in [2.05, 4.69) is 12.2 Å². The lowest BCUT2D eigenvalue weighted by Crippen LogP contribution is -2.45. The van der Waals surface area contributed by atoms with E-state index in [0.717, 1.165) is 35.8 Å². The molecule has 0 spiro atoms. The largest absolute Gasteiger partial charge is 0.388 e. The van der Waals surface area contributed by atoms with E-state index < -0.39 is 5.60 Å². The van der Waals surface area contributed by atoms with E-state index in [4.69, 9.17) is 0 Å². The molecule has 1 heterocycles. The monoisotopic (exact) mass is 303 g/mol. The van der Waals surface area contributed by atoms with Crippen LogP contribution in [0.15, 0.2) is 29.6 Å². The molecule has 0 bridgehead atoms. The minimum Gasteiger partial charge on any atom is -0.388 e. The van der Waals surface area contributed by atoms with E-state index in [1.165, 1.54) is 0 Å².